The van der Waals surface area contributed by atoms with Gasteiger partial charge >= 0.3 is 0 Å². The van der Waals surface area contributed by atoms with E-state index in [0.29, 0.717) is 13.2 Å². The van der Waals surface area contributed by atoms with Crippen LogP contribution in [0, 0.1) is 0 Å². The van der Waals surface area contributed by atoms with Gasteiger partial charge in [0.1, 0.15) is 18.1 Å². The number of benzene rings is 1. The van der Waals surface area contributed by atoms with Gasteiger partial charge in [-0.2, -0.15) is 0 Å². The van der Waals surface area contributed by atoms with E-state index in [1.165, 1.54) is 11.3 Å². The highest BCUT2D eigenvalue weighted by atomic mass is 32.2. The number of nitrogens with zero attached hydrogens (tertiary/aromatic N) is 5. The topological polar surface area (TPSA) is 61.4 Å². The van der Waals surface area contributed by atoms with Crippen molar-refractivity contribution in [2.24, 2.45) is 0 Å². The van der Waals surface area contributed by atoms with Gasteiger partial charge in [0.2, 0.25) is 0 Å². The summed E-state index contributed by atoms with van der Waals surface area (Å²) >= 11 is 3.27. The van der Waals surface area contributed by atoms with Gasteiger partial charge in [0.15, 0.2) is 16.6 Å². The van der Waals surface area contributed by atoms with Crippen molar-refractivity contribution in [3.05, 3.63) is 29.3 Å². The van der Waals surface area contributed by atoms with Crippen LogP contribution in [-0.4, -0.2) is 97.6 Å². The summed E-state index contributed by atoms with van der Waals surface area (Å²) in [5.74, 6) is 1.77. The molecule has 8 nitrogen and oxygen atoms in total. The van der Waals surface area contributed by atoms with Gasteiger partial charge in [0.25, 0.3) is 5.91 Å². The number of piperazine rings is 2. The molecule has 0 saturated carbocycles. The Labute approximate surface area is 190 Å². The summed E-state index contributed by atoms with van der Waals surface area (Å²) in [5.41, 5.74) is 0. The van der Waals surface area contributed by atoms with Gasteiger partial charge in [-0.1, -0.05) is 11.3 Å². The van der Waals surface area contributed by atoms with E-state index >= 15 is 0 Å². The summed E-state index contributed by atoms with van der Waals surface area (Å²) in [6.07, 6.45) is 1.75. The predicted octanol–water partition coefficient (Wildman–Crippen LogP) is 2.13. The summed E-state index contributed by atoms with van der Waals surface area (Å²) in [7, 11) is 2.10. The molecule has 10 heteroatoms. The number of ether oxygens (including phenoxy) is 2. The second-order valence-corrected chi connectivity index (χ2v) is 10.1. The van der Waals surface area contributed by atoms with Crippen molar-refractivity contribution >= 4 is 34.3 Å². The molecule has 1 aromatic carbocycles. The zero-order valence-electron chi connectivity index (χ0n) is 17.7. The molecule has 0 aliphatic carbocycles. The molecule has 0 spiro atoms. The fourth-order valence-electron chi connectivity index (χ4n) is 3.88. The minimum atomic E-state index is 0.115. The number of anilines is 1. The Balaban J connectivity index is 1.14. The summed E-state index contributed by atoms with van der Waals surface area (Å²) in [6.45, 7) is 8.31. The van der Waals surface area contributed by atoms with Gasteiger partial charge in [-0.25, -0.2) is 9.29 Å². The molecule has 1 amide bonds. The lowest BCUT2D eigenvalue weighted by Gasteiger charge is -2.33. The van der Waals surface area contributed by atoms with Crippen molar-refractivity contribution in [2.75, 3.05) is 77.5 Å². The first-order chi connectivity index (χ1) is 15.2. The summed E-state index contributed by atoms with van der Waals surface area (Å²) in [6, 6.07) is 6.13. The number of hydrogen-bond donors (Lipinski definition) is 0. The second-order valence-electron chi connectivity index (χ2n) is 7.92. The van der Waals surface area contributed by atoms with E-state index in [0.717, 1.165) is 78.8 Å². The molecule has 0 atom stereocenters. The number of carbonyl (C=O) groups is 1. The number of fused-ring (bicyclic) bond motifs is 1. The van der Waals surface area contributed by atoms with Crippen LogP contribution < -0.4 is 14.4 Å². The molecule has 166 valence electrons. The highest BCUT2D eigenvalue weighted by Gasteiger charge is 2.25. The van der Waals surface area contributed by atoms with Crippen LogP contribution in [-0.2, 0) is 0 Å². The number of carbonyl (C=O) groups excluding carboxylic acids is 1. The van der Waals surface area contributed by atoms with Crippen molar-refractivity contribution in [1.29, 1.82) is 0 Å². The van der Waals surface area contributed by atoms with Crippen LogP contribution >= 0.6 is 23.3 Å². The molecule has 5 rings (SSSR count). The molecule has 1 aromatic heterocycles. The molecule has 2 fully saturated rings. The second kappa shape index (κ2) is 9.23. The number of hydrogen-bond acceptors (Lipinski definition) is 9. The Hall–Kier alpha value is -2.01. The highest BCUT2D eigenvalue weighted by Crippen LogP contribution is 2.36. The standard InChI is InChI=1S/C21H27N5O3S2/c1-23-4-6-24(7-5-23)20(27)19-15-22-21(30-19)25-8-10-26(11-9-25)31-16-2-3-17-18(14-16)29-13-12-28-17/h2-3,14-15H,4-13H2,1H3. The van der Waals surface area contributed by atoms with Crippen molar-refractivity contribution in [3.63, 3.8) is 0 Å². The van der Waals surface area contributed by atoms with Crippen LogP contribution in [0.5, 0.6) is 11.5 Å². The Morgan fingerprint density at radius 3 is 2.52 bits per heavy atom. The van der Waals surface area contributed by atoms with Gasteiger partial charge in [0, 0.05) is 57.3 Å². The van der Waals surface area contributed by atoms with Gasteiger partial charge in [-0.05, 0) is 37.2 Å². The third kappa shape index (κ3) is 4.77. The lowest BCUT2D eigenvalue weighted by atomic mass is 10.3. The molecular weight excluding hydrogens is 434 g/mol. The fraction of sp³-hybridized carbons (Fsp3) is 0.524. The molecule has 0 N–H and O–H groups in total. The average molecular weight is 462 g/mol. The predicted molar refractivity (Wildman–Crippen MR) is 123 cm³/mol. The zero-order valence-corrected chi connectivity index (χ0v) is 19.3. The van der Waals surface area contributed by atoms with Crippen molar-refractivity contribution in [3.8, 4) is 11.5 Å². The molecule has 4 heterocycles. The highest BCUT2D eigenvalue weighted by molar-refractivity contribution is 7.97. The van der Waals surface area contributed by atoms with Gasteiger partial charge < -0.3 is 24.2 Å². The molecule has 3 aliphatic rings. The fourth-order valence-corrected chi connectivity index (χ4v) is 5.74. The molecule has 0 bridgehead atoms. The summed E-state index contributed by atoms with van der Waals surface area (Å²) < 4.78 is 13.7. The van der Waals surface area contributed by atoms with E-state index < -0.39 is 0 Å². The Kier molecular flexibility index (Phi) is 6.22. The van der Waals surface area contributed by atoms with Crippen LogP contribution in [0.3, 0.4) is 0 Å². The lowest BCUT2D eigenvalue weighted by molar-refractivity contribution is 0.0668. The van der Waals surface area contributed by atoms with Gasteiger partial charge in [0.05, 0.1) is 6.20 Å². The Morgan fingerprint density at radius 1 is 1.00 bits per heavy atom. The largest absolute Gasteiger partial charge is 0.486 e. The molecular formula is C21H27N5O3S2. The molecule has 3 aliphatic heterocycles. The molecule has 31 heavy (non-hydrogen) atoms. The maximum atomic E-state index is 12.8. The number of amides is 1. The van der Waals surface area contributed by atoms with Gasteiger partial charge in [-0.15, -0.1) is 0 Å². The Bertz CT molecular complexity index is 923. The van der Waals surface area contributed by atoms with Crippen LogP contribution in [0.4, 0.5) is 5.13 Å². The first-order valence-corrected chi connectivity index (χ1v) is 12.3. The van der Waals surface area contributed by atoms with E-state index in [-0.39, 0.29) is 5.91 Å². The maximum absolute atomic E-state index is 12.8. The third-order valence-electron chi connectivity index (χ3n) is 5.75. The van der Waals surface area contributed by atoms with Crippen molar-refractivity contribution in [1.82, 2.24) is 19.1 Å². The number of rotatable bonds is 4. The van der Waals surface area contributed by atoms with E-state index in [1.807, 2.05) is 11.0 Å². The summed E-state index contributed by atoms with van der Waals surface area (Å²) in [5, 5.41) is 0.946. The first kappa shape index (κ1) is 20.9. The molecule has 0 radical (unpaired) electrons. The number of aromatic nitrogens is 1. The van der Waals surface area contributed by atoms with Crippen LogP contribution in [0.1, 0.15) is 9.67 Å². The smallest absolute Gasteiger partial charge is 0.265 e. The monoisotopic (exact) mass is 461 g/mol. The van der Waals surface area contributed by atoms with Crippen LogP contribution in [0.25, 0.3) is 0 Å². The molecule has 2 aromatic rings. The average Bonchev–Trinajstić information content (AvgIpc) is 3.30. The minimum Gasteiger partial charge on any atom is -0.486 e. The van der Waals surface area contributed by atoms with Crippen LogP contribution in [0.2, 0.25) is 0 Å². The van der Waals surface area contributed by atoms with E-state index in [1.54, 1.807) is 18.1 Å². The van der Waals surface area contributed by atoms with E-state index in [4.69, 9.17) is 9.47 Å². The third-order valence-corrected chi connectivity index (χ3v) is 7.89. The van der Waals surface area contributed by atoms with Crippen LogP contribution in [0.15, 0.2) is 29.3 Å². The van der Waals surface area contributed by atoms with Crippen molar-refractivity contribution in [2.45, 2.75) is 4.90 Å². The lowest BCUT2D eigenvalue weighted by Crippen LogP contribution is -2.46. The maximum Gasteiger partial charge on any atom is 0.265 e. The molecule has 2 saturated heterocycles. The van der Waals surface area contributed by atoms with Gasteiger partial charge in [-0.3, -0.25) is 4.79 Å². The normalized spacial score (nSPS) is 20.2. The quantitative estimate of drug-likeness (QED) is 0.642. The SMILES string of the molecule is CN1CCN(C(=O)c2cnc(N3CCN(Sc4ccc5c(c4)OCCO5)CC3)s2)CC1. The molecule has 0 unspecified atom stereocenters. The number of thiazole rings is 1. The first-order valence-electron chi connectivity index (χ1n) is 10.7. The Morgan fingerprint density at radius 2 is 1.74 bits per heavy atom. The summed E-state index contributed by atoms with van der Waals surface area (Å²) in [4.78, 5) is 25.7. The zero-order chi connectivity index (χ0) is 21.2. The minimum absolute atomic E-state index is 0.115. The van der Waals surface area contributed by atoms with E-state index in [9.17, 15) is 4.79 Å². The number of likely N-dealkylation sites (N-methyl/N-ethyl adjacent to an activating group) is 1. The van der Waals surface area contributed by atoms with E-state index in [2.05, 4.69) is 38.3 Å². The van der Waals surface area contributed by atoms with Crippen molar-refractivity contribution < 1.29 is 14.3 Å².